The highest BCUT2D eigenvalue weighted by atomic mass is 32.1. The third kappa shape index (κ3) is 1.38. The lowest BCUT2D eigenvalue weighted by Gasteiger charge is -1.90. The van der Waals surface area contributed by atoms with E-state index >= 15 is 0 Å². The standard InChI is InChI=1S/C9H10N2OS/c1-7-8(3-2-5-12)11-4-6-13-9(11)10-7/h2-4,6,12H,5H2,1H3. The minimum atomic E-state index is 0.0663. The number of nitrogens with zero attached hydrogens (tertiary/aromatic N) is 2. The first-order valence-corrected chi connectivity index (χ1v) is 4.90. The van der Waals surface area contributed by atoms with E-state index in [1.54, 1.807) is 17.4 Å². The van der Waals surface area contributed by atoms with Crippen LogP contribution in [0.4, 0.5) is 0 Å². The maximum Gasteiger partial charge on any atom is 0.194 e. The molecule has 2 aromatic heterocycles. The summed E-state index contributed by atoms with van der Waals surface area (Å²) in [4.78, 5) is 5.37. The number of aliphatic hydroxyl groups excluding tert-OH is 1. The number of fused-ring (bicyclic) bond motifs is 1. The van der Waals surface area contributed by atoms with E-state index in [2.05, 4.69) is 4.98 Å². The third-order valence-corrected chi connectivity index (χ3v) is 2.62. The van der Waals surface area contributed by atoms with Gasteiger partial charge in [0.2, 0.25) is 0 Å². The minimum absolute atomic E-state index is 0.0663. The summed E-state index contributed by atoms with van der Waals surface area (Å²) in [7, 11) is 0. The smallest absolute Gasteiger partial charge is 0.194 e. The van der Waals surface area contributed by atoms with Crippen molar-refractivity contribution < 1.29 is 5.11 Å². The van der Waals surface area contributed by atoms with E-state index in [-0.39, 0.29) is 6.61 Å². The van der Waals surface area contributed by atoms with E-state index in [9.17, 15) is 0 Å². The lowest BCUT2D eigenvalue weighted by molar-refractivity contribution is 0.343. The molecule has 0 bridgehead atoms. The second-order valence-electron chi connectivity index (χ2n) is 2.72. The maximum absolute atomic E-state index is 8.66. The Hall–Kier alpha value is -1.13. The van der Waals surface area contributed by atoms with Gasteiger partial charge in [-0.1, -0.05) is 6.08 Å². The van der Waals surface area contributed by atoms with Crippen LogP contribution in [0, 0.1) is 6.92 Å². The Bertz CT molecular complexity index is 441. The molecular formula is C9H10N2OS. The van der Waals surface area contributed by atoms with Gasteiger partial charge in [-0.2, -0.15) is 0 Å². The Morgan fingerprint density at radius 1 is 1.69 bits per heavy atom. The van der Waals surface area contributed by atoms with Gasteiger partial charge in [-0.15, -0.1) is 11.3 Å². The Kier molecular flexibility index (Phi) is 2.16. The summed E-state index contributed by atoms with van der Waals surface area (Å²) in [5.41, 5.74) is 2.04. The van der Waals surface area contributed by atoms with Crippen LogP contribution in [-0.2, 0) is 0 Å². The van der Waals surface area contributed by atoms with E-state index in [0.29, 0.717) is 0 Å². The molecule has 0 saturated carbocycles. The fourth-order valence-corrected chi connectivity index (χ4v) is 2.04. The van der Waals surface area contributed by atoms with Crippen molar-refractivity contribution in [3.63, 3.8) is 0 Å². The van der Waals surface area contributed by atoms with Gasteiger partial charge in [0.15, 0.2) is 4.96 Å². The molecule has 3 nitrogen and oxygen atoms in total. The van der Waals surface area contributed by atoms with Crippen LogP contribution in [0.15, 0.2) is 17.7 Å². The molecular weight excluding hydrogens is 184 g/mol. The third-order valence-electron chi connectivity index (χ3n) is 1.86. The highest BCUT2D eigenvalue weighted by Gasteiger charge is 2.05. The monoisotopic (exact) mass is 194 g/mol. The van der Waals surface area contributed by atoms with Crippen molar-refractivity contribution in [2.24, 2.45) is 0 Å². The Labute approximate surface area is 80.0 Å². The lowest BCUT2D eigenvalue weighted by atomic mass is 10.3. The molecule has 0 radical (unpaired) electrons. The van der Waals surface area contributed by atoms with Crippen molar-refractivity contribution in [2.45, 2.75) is 6.92 Å². The molecule has 2 aromatic rings. The summed E-state index contributed by atoms with van der Waals surface area (Å²) >= 11 is 1.61. The summed E-state index contributed by atoms with van der Waals surface area (Å²) < 4.78 is 2.02. The van der Waals surface area contributed by atoms with Gasteiger partial charge in [0.25, 0.3) is 0 Å². The van der Waals surface area contributed by atoms with Gasteiger partial charge >= 0.3 is 0 Å². The lowest BCUT2D eigenvalue weighted by Crippen LogP contribution is -1.83. The molecule has 13 heavy (non-hydrogen) atoms. The van der Waals surface area contributed by atoms with Gasteiger partial charge in [-0.05, 0) is 13.0 Å². The van der Waals surface area contributed by atoms with Gasteiger partial charge in [-0.3, -0.25) is 4.40 Å². The van der Waals surface area contributed by atoms with Gasteiger partial charge in [0, 0.05) is 11.6 Å². The quantitative estimate of drug-likeness (QED) is 0.790. The van der Waals surface area contributed by atoms with Crippen LogP contribution in [-0.4, -0.2) is 21.1 Å². The average Bonchev–Trinajstić information content (AvgIpc) is 2.62. The van der Waals surface area contributed by atoms with Gasteiger partial charge in [0.1, 0.15) is 0 Å². The van der Waals surface area contributed by atoms with E-state index < -0.39 is 0 Å². The predicted octanol–water partition coefficient (Wildman–Crippen LogP) is 1.71. The van der Waals surface area contributed by atoms with Crippen LogP contribution in [0.2, 0.25) is 0 Å². The number of hydrogen-bond donors (Lipinski definition) is 1. The van der Waals surface area contributed by atoms with Crippen LogP contribution in [0.1, 0.15) is 11.4 Å². The van der Waals surface area contributed by atoms with Crippen molar-refractivity contribution in [1.29, 1.82) is 0 Å². The van der Waals surface area contributed by atoms with Crippen LogP contribution >= 0.6 is 11.3 Å². The number of thiazole rings is 1. The number of hydrogen-bond acceptors (Lipinski definition) is 3. The van der Waals surface area contributed by atoms with E-state index in [4.69, 9.17) is 5.11 Å². The molecule has 68 valence electrons. The second kappa shape index (κ2) is 3.32. The van der Waals surface area contributed by atoms with Crippen molar-refractivity contribution >= 4 is 22.4 Å². The zero-order valence-corrected chi connectivity index (χ0v) is 8.08. The number of aliphatic hydroxyl groups is 1. The first-order valence-electron chi connectivity index (χ1n) is 4.02. The topological polar surface area (TPSA) is 37.5 Å². The zero-order chi connectivity index (χ0) is 9.26. The molecule has 0 saturated heterocycles. The van der Waals surface area contributed by atoms with E-state index in [1.165, 1.54) is 0 Å². The predicted molar refractivity (Wildman–Crippen MR) is 53.9 cm³/mol. The molecule has 0 aromatic carbocycles. The van der Waals surface area contributed by atoms with Crippen molar-refractivity contribution in [3.8, 4) is 0 Å². The Morgan fingerprint density at radius 2 is 2.54 bits per heavy atom. The van der Waals surface area contributed by atoms with Gasteiger partial charge < -0.3 is 5.11 Å². The van der Waals surface area contributed by atoms with Gasteiger partial charge in [-0.25, -0.2) is 4.98 Å². The first kappa shape index (κ1) is 8.47. The molecule has 2 heterocycles. The molecule has 0 aliphatic rings. The maximum atomic E-state index is 8.66. The van der Waals surface area contributed by atoms with E-state index in [0.717, 1.165) is 16.3 Å². The molecule has 1 N–H and O–H groups in total. The van der Waals surface area contributed by atoms with Gasteiger partial charge in [0.05, 0.1) is 18.0 Å². The largest absolute Gasteiger partial charge is 0.392 e. The fourth-order valence-electron chi connectivity index (χ4n) is 1.28. The first-order chi connectivity index (χ1) is 6.33. The number of rotatable bonds is 2. The SMILES string of the molecule is Cc1nc2sccn2c1C=CCO. The van der Waals surface area contributed by atoms with Crippen LogP contribution in [0.5, 0.6) is 0 Å². The van der Waals surface area contributed by atoms with Crippen molar-refractivity contribution in [1.82, 2.24) is 9.38 Å². The molecule has 0 spiro atoms. The normalized spacial score (nSPS) is 11.8. The molecule has 0 atom stereocenters. The van der Waals surface area contributed by atoms with Crippen molar-refractivity contribution in [3.05, 3.63) is 29.0 Å². The summed E-state index contributed by atoms with van der Waals surface area (Å²) in [6.45, 7) is 2.04. The molecule has 2 rings (SSSR count). The molecule has 0 fully saturated rings. The van der Waals surface area contributed by atoms with Crippen LogP contribution < -0.4 is 0 Å². The summed E-state index contributed by atoms with van der Waals surface area (Å²) in [5.74, 6) is 0. The molecule has 0 aliphatic heterocycles. The number of aromatic nitrogens is 2. The number of imidazole rings is 1. The summed E-state index contributed by atoms with van der Waals surface area (Å²) in [5, 5.41) is 10.7. The molecule has 0 aliphatic carbocycles. The van der Waals surface area contributed by atoms with Crippen molar-refractivity contribution in [2.75, 3.05) is 6.61 Å². The molecule has 4 heteroatoms. The van der Waals surface area contributed by atoms with Crippen LogP contribution in [0.3, 0.4) is 0 Å². The fraction of sp³-hybridized carbons (Fsp3) is 0.222. The summed E-state index contributed by atoms with van der Waals surface area (Å²) in [6.07, 6.45) is 5.59. The Morgan fingerprint density at radius 3 is 3.31 bits per heavy atom. The average molecular weight is 194 g/mol. The highest BCUT2D eigenvalue weighted by molar-refractivity contribution is 7.15. The Balaban J connectivity index is 2.57. The highest BCUT2D eigenvalue weighted by Crippen LogP contribution is 2.17. The second-order valence-corrected chi connectivity index (χ2v) is 3.60. The van der Waals surface area contributed by atoms with E-state index in [1.807, 2.05) is 29.0 Å². The van der Waals surface area contributed by atoms with Crippen LogP contribution in [0.25, 0.3) is 11.0 Å². The minimum Gasteiger partial charge on any atom is -0.392 e. The molecule has 0 amide bonds. The number of aryl methyl sites for hydroxylation is 1. The summed E-state index contributed by atoms with van der Waals surface area (Å²) in [6, 6.07) is 0. The zero-order valence-electron chi connectivity index (χ0n) is 7.27. The molecule has 0 unspecified atom stereocenters.